The van der Waals surface area contributed by atoms with Crippen LogP contribution >= 0.6 is 0 Å². The molecule has 1 aromatic rings. The minimum atomic E-state index is -3.13. The fraction of sp³-hybridized carbons (Fsp3) is 0.111. The molecular formula is C9H11NO2S. The molecule has 0 amide bonds. The summed E-state index contributed by atoms with van der Waals surface area (Å²) in [5.41, 5.74) is 0.957. The summed E-state index contributed by atoms with van der Waals surface area (Å²) < 4.78 is 23.6. The first kappa shape index (κ1) is 9.80. The zero-order valence-electron chi connectivity index (χ0n) is 7.27. The van der Waals surface area contributed by atoms with E-state index in [2.05, 4.69) is 4.72 Å². The topological polar surface area (TPSA) is 46.2 Å². The number of hydrogen-bond acceptors (Lipinski definition) is 2. The highest BCUT2D eigenvalue weighted by atomic mass is 32.2. The maximum absolute atomic E-state index is 10.7. The van der Waals surface area contributed by atoms with Crippen molar-refractivity contribution in [1.29, 1.82) is 0 Å². The normalized spacial score (nSPS) is 11.8. The zero-order chi connectivity index (χ0) is 9.73. The van der Waals surface area contributed by atoms with Gasteiger partial charge in [0.25, 0.3) is 0 Å². The third-order valence-corrected chi connectivity index (χ3v) is 1.92. The summed E-state index contributed by atoms with van der Waals surface area (Å²) in [7, 11) is -3.13. The van der Waals surface area contributed by atoms with E-state index in [-0.39, 0.29) is 0 Å². The number of hydrogen-bond donors (Lipinski definition) is 1. The highest BCUT2D eigenvalue weighted by molar-refractivity contribution is 7.88. The van der Waals surface area contributed by atoms with E-state index in [1.807, 2.05) is 30.3 Å². The molecule has 0 radical (unpaired) electrons. The zero-order valence-corrected chi connectivity index (χ0v) is 8.08. The van der Waals surface area contributed by atoms with Crippen molar-refractivity contribution < 1.29 is 8.42 Å². The van der Waals surface area contributed by atoms with Gasteiger partial charge >= 0.3 is 0 Å². The fourth-order valence-electron chi connectivity index (χ4n) is 0.818. The molecule has 0 saturated heterocycles. The second kappa shape index (κ2) is 4.09. The first-order chi connectivity index (χ1) is 6.08. The Hall–Kier alpha value is -1.29. The lowest BCUT2D eigenvalue weighted by molar-refractivity contribution is 0.597. The molecule has 0 fully saturated rings. The summed E-state index contributed by atoms with van der Waals surface area (Å²) >= 11 is 0. The van der Waals surface area contributed by atoms with Crippen molar-refractivity contribution in [1.82, 2.24) is 4.72 Å². The van der Waals surface area contributed by atoms with E-state index < -0.39 is 10.0 Å². The predicted octanol–water partition coefficient (Wildman–Crippen LogP) is 1.21. The van der Waals surface area contributed by atoms with Crippen LogP contribution in [0.1, 0.15) is 5.56 Å². The predicted molar refractivity (Wildman–Crippen MR) is 53.5 cm³/mol. The van der Waals surface area contributed by atoms with Gasteiger partial charge in [0, 0.05) is 6.20 Å². The molecule has 1 N–H and O–H groups in total. The fourth-order valence-corrected chi connectivity index (χ4v) is 1.13. The number of sulfonamides is 1. The van der Waals surface area contributed by atoms with Crippen molar-refractivity contribution in [2.45, 2.75) is 0 Å². The highest BCUT2D eigenvalue weighted by Gasteiger charge is 1.92. The summed E-state index contributed by atoms with van der Waals surface area (Å²) in [6.45, 7) is 0. The molecule has 0 unspecified atom stereocenters. The molecule has 4 heteroatoms. The van der Waals surface area contributed by atoms with Gasteiger partial charge in [-0.1, -0.05) is 30.3 Å². The quantitative estimate of drug-likeness (QED) is 0.791. The van der Waals surface area contributed by atoms with Crippen LogP contribution in [-0.2, 0) is 10.0 Å². The molecule has 3 nitrogen and oxygen atoms in total. The van der Waals surface area contributed by atoms with Crippen LogP contribution in [0.5, 0.6) is 0 Å². The molecule has 0 aromatic heterocycles. The minimum Gasteiger partial charge on any atom is -0.291 e. The maximum atomic E-state index is 10.7. The van der Waals surface area contributed by atoms with Gasteiger partial charge in [-0.05, 0) is 11.6 Å². The average Bonchev–Trinajstić information content (AvgIpc) is 2.04. The van der Waals surface area contributed by atoms with Crippen molar-refractivity contribution >= 4 is 16.1 Å². The van der Waals surface area contributed by atoms with Crippen LogP contribution in [0.2, 0.25) is 0 Å². The lowest BCUT2D eigenvalue weighted by Crippen LogP contribution is -2.14. The third-order valence-electron chi connectivity index (χ3n) is 1.36. The Balaban J connectivity index is 2.61. The third kappa shape index (κ3) is 4.32. The second-order valence-corrected chi connectivity index (χ2v) is 4.41. The summed E-state index contributed by atoms with van der Waals surface area (Å²) in [5.74, 6) is 0. The summed E-state index contributed by atoms with van der Waals surface area (Å²) in [6.07, 6.45) is 4.22. The smallest absolute Gasteiger partial charge is 0.229 e. The SMILES string of the molecule is CS(=O)(=O)NC=Cc1ccccc1. The van der Waals surface area contributed by atoms with E-state index in [1.165, 1.54) is 6.20 Å². The van der Waals surface area contributed by atoms with E-state index in [4.69, 9.17) is 0 Å². The first-order valence-corrected chi connectivity index (χ1v) is 5.66. The molecule has 1 rings (SSSR count). The Morgan fingerprint density at radius 3 is 2.38 bits per heavy atom. The molecule has 70 valence electrons. The van der Waals surface area contributed by atoms with Crippen LogP contribution in [-0.4, -0.2) is 14.7 Å². The monoisotopic (exact) mass is 197 g/mol. The second-order valence-electron chi connectivity index (χ2n) is 2.63. The number of rotatable bonds is 3. The molecule has 0 aliphatic carbocycles. The van der Waals surface area contributed by atoms with Crippen LogP contribution in [0.3, 0.4) is 0 Å². The number of benzene rings is 1. The van der Waals surface area contributed by atoms with Gasteiger partial charge in [-0.25, -0.2) is 8.42 Å². The lowest BCUT2D eigenvalue weighted by Gasteiger charge is -1.94. The Kier molecular flexibility index (Phi) is 3.08. The Morgan fingerprint density at radius 1 is 1.23 bits per heavy atom. The standard InChI is InChI=1S/C9H11NO2S/c1-13(11,12)10-8-7-9-5-3-2-4-6-9/h2-8,10H,1H3. The van der Waals surface area contributed by atoms with E-state index in [1.54, 1.807) is 6.08 Å². The van der Waals surface area contributed by atoms with Crippen LogP contribution in [0.4, 0.5) is 0 Å². The van der Waals surface area contributed by atoms with Crippen LogP contribution in [0.15, 0.2) is 36.5 Å². The van der Waals surface area contributed by atoms with Crippen LogP contribution < -0.4 is 4.72 Å². The van der Waals surface area contributed by atoms with E-state index in [9.17, 15) is 8.42 Å². The molecule has 0 atom stereocenters. The van der Waals surface area contributed by atoms with E-state index in [0.29, 0.717) is 0 Å². The molecule has 0 heterocycles. The van der Waals surface area contributed by atoms with Crippen LogP contribution in [0.25, 0.3) is 6.08 Å². The summed E-state index contributed by atoms with van der Waals surface area (Å²) in [5, 5.41) is 0. The van der Waals surface area contributed by atoms with Crippen molar-refractivity contribution in [2.24, 2.45) is 0 Å². The average molecular weight is 197 g/mol. The minimum absolute atomic E-state index is 0.957. The van der Waals surface area contributed by atoms with Gasteiger partial charge in [0.1, 0.15) is 0 Å². The first-order valence-electron chi connectivity index (χ1n) is 3.77. The van der Waals surface area contributed by atoms with Gasteiger partial charge in [-0.3, -0.25) is 4.72 Å². The highest BCUT2D eigenvalue weighted by Crippen LogP contribution is 1.99. The van der Waals surface area contributed by atoms with Gasteiger partial charge in [0.2, 0.25) is 10.0 Å². The van der Waals surface area contributed by atoms with Crippen molar-refractivity contribution in [2.75, 3.05) is 6.26 Å². The summed E-state index contributed by atoms with van der Waals surface area (Å²) in [4.78, 5) is 0. The molecular weight excluding hydrogens is 186 g/mol. The van der Waals surface area contributed by atoms with Crippen LogP contribution in [0, 0.1) is 0 Å². The number of nitrogens with one attached hydrogen (secondary N) is 1. The van der Waals surface area contributed by atoms with Crippen molar-refractivity contribution in [3.8, 4) is 0 Å². The largest absolute Gasteiger partial charge is 0.291 e. The van der Waals surface area contributed by atoms with Gasteiger partial charge in [-0.2, -0.15) is 0 Å². The van der Waals surface area contributed by atoms with Crippen molar-refractivity contribution in [3.63, 3.8) is 0 Å². The molecule has 0 spiro atoms. The summed E-state index contributed by atoms with van der Waals surface area (Å²) in [6, 6.07) is 9.46. The van der Waals surface area contributed by atoms with Gasteiger partial charge in [0.05, 0.1) is 6.26 Å². The van der Waals surface area contributed by atoms with Gasteiger partial charge < -0.3 is 0 Å². The Morgan fingerprint density at radius 2 is 1.85 bits per heavy atom. The Labute approximate surface area is 78.1 Å². The van der Waals surface area contributed by atoms with E-state index >= 15 is 0 Å². The molecule has 0 saturated carbocycles. The molecule has 0 aliphatic heterocycles. The van der Waals surface area contributed by atoms with Gasteiger partial charge in [0.15, 0.2) is 0 Å². The molecule has 1 aromatic carbocycles. The van der Waals surface area contributed by atoms with Crippen molar-refractivity contribution in [3.05, 3.63) is 42.1 Å². The molecule has 13 heavy (non-hydrogen) atoms. The van der Waals surface area contributed by atoms with Gasteiger partial charge in [-0.15, -0.1) is 0 Å². The molecule has 0 aliphatic rings. The lowest BCUT2D eigenvalue weighted by atomic mass is 10.2. The maximum Gasteiger partial charge on any atom is 0.229 e. The molecule has 0 bridgehead atoms. The van der Waals surface area contributed by atoms with E-state index in [0.717, 1.165) is 11.8 Å². The Bertz CT molecular complexity index is 381.